The van der Waals surface area contributed by atoms with Crippen LogP contribution in [0.5, 0.6) is 0 Å². The molecule has 0 spiro atoms. The second-order valence-electron chi connectivity index (χ2n) is 5.24. The van der Waals surface area contributed by atoms with Crippen molar-refractivity contribution in [2.75, 3.05) is 0 Å². The molecule has 0 aliphatic heterocycles. The summed E-state index contributed by atoms with van der Waals surface area (Å²) >= 11 is 6.85. The molecule has 8 heteroatoms. The van der Waals surface area contributed by atoms with E-state index in [9.17, 15) is 12.8 Å². The highest BCUT2D eigenvalue weighted by atomic mass is 79.9. The van der Waals surface area contributed by atoms with E-state index in [-0.39, 0.29) is 10.5 Å². The number of rotatable bonds is 3. The maximum absolute atomic E-state index is 14.4. The van der Waals surface area contributed by atoms with Crippen LogP contribution in [0.1, 0.15) is 0 Å². The largest absolute Gasteiger partial charge is 0.255 e. The lowest BCUT2D eigenvalue weighted by atomic mass is 9.99. The molecule has 4 nitrogen and oxygen atoms in total. The number of sulfonamides is 1. The maximum atomic E-state index is 14.4. The Morgan fingerprint density at radius 1 is 0.960 bits per heavy atom. The van der Waals surface area contributed by atoms with Gasteiger partial charge in [-0.1, -0.05) is 37.9 Å². The lowest BCUT2D eigenvalue weighted by molar-refractivity contribution is 0.596. The fourth-order valence-electron chi connectivity index (χ4n) is 2.43. The van der Waals surface area contributed by atoms with Crippen molar-refractivity contribution in [3.63, 3.8) is 0 Å². The van der Waals surface area contributed by atoms with E-state index in [0.29, 0.717) is 11.3 Å². The molecule has 0 aliphatic carbocycles. The highest BCUT2D eigenvalue weighted by Gasteiger charge is 2.17. The van der Waals surface area contributed by atoms with Crippen LogP contribution in [0, 0.1) is 5.82 Å². The number of primary sulfonamides is 1. The number of hydrogen-bond donors (Lipinski definition) is 1. The Bertz CT molecular complexity index is 1050. The zero-order chi connectivity index (χ0) is 18.2. The molecule has 0 atom stereocenters. The van der Waals surface area contributed by atoms with E-state index in [4.69, 9.17) is 5.14 Å². The Hall–Kier alpha value is -1.61. The number of benzene rings is 2. The molecule has 0 bridgehead atoms. The van der Waals surface area contributed by atoms with Gasteiger partial charge in [-0.05, 0) is 48.0 Å². The van der Waals surface area contributed by atoms with Gasteiger partial charge in [0.2, 0.25) is 10.0 Å². The van der Waals surface area contributed by atoms with Gasteiger partial charge in [-0.15, -0.1) is 0 Å². The first-order valence-electron chi connectivity index (χ1n) is 7.00. The summed E-state index contributed by atoms with van der Waals surface area (Å²) in [6.07, 6.45) is 1.52. The minimum Gasteiger partial charge on any atom is -0.255 e. The second kappa shape index (κ2) is 6.95. The van der Waals surface area contributed by atoms with Crippen molar-refractivity contribution >= 4 is 41.9 Å². The highest BCUT2D eigenvalue weighted by molar-refractivity contribution is 9.11. The summed E-state index contributed by atoms with van der Waals surface area (Å²) in [4.78, 5) is 4.09. The van der Waals surface area contributed by atoms with E-state index in [1.54, 1.807) is 12.1 Å². The van der Waals surface area contributed by atoms with Gasteiger partial charge in [0.05, 0.1) is 10.6 Å². The van der Waals surface area contributed by atoms with Crippen molar-refractivity contribution in [1.29, 1.82) is 0 Å². The molecule has 0 unspecified atom stereocenters. The summed E-state index contributed by atoms with van der Waals surface area (Å²) in [7, 11) is -3.95. The molecule has 3 aromatic rings. The quantitative estimate of drug-likeness (QED) is 0.582. The first-order chi connectivity index (χ1) is 11.8. The Labute approximate surface area is 161 Å². The number of nitrogens with zero attached hydrogens (tertiary/aromatic N) is 1. The molecule has 1 heterocycles. The standard InChI is InChI=1S/C17H11Br2FN2O2S/c18-11-6-10(7-12(19)8-11)14-2-1-5-22-17(14)15-9-13(25(21,23)24)3-4-16(15)20/h1-9H,(H2,21,23,24). The molecule has 0 aliphatic rings. The van der Waals surface area contributed by atoms with Gasteiger partial charge in [-0.25, -0.2) is 17.9 Å². The van der Waals surface area contributed by atoms with E-state index in [0.717, 1.165) is 26.6 Å². The van der Waals surface area contributed by atoms with Crippen LogP contribution in [0.4, 0.5) is 4.39 Å². The van der Waals surface area contributed by atoms with E-state index in [1.807, 2.05) is 18.2 Å². The molecule has 2 aromatic carbocycles. The van der Waals surface area contributed by atoms with Crippen molar-refractivity contribution in [1.82, 2.24) is 4.98 Å². The Balaban J connectivity index is 2.27. The van der Waals surface area contributed by atoms with Gasteiger partial charge in [0.1, 0.15) is 5.82 Å². The van der Waals surface area contributed by atoms with E-state index in [2.05, 4.69) is 36.8 Å². The molecular formula is C17H11Br2FN2O2S. The molecule has 0 amide bonds. The number of halogens is 3. The number of nitrogens with two attached hydrogens (primary N) is 1. The van der Waals surface area contributed by atoms with Gasteiger partial charge in [0.15, 0.2) is 0 Å². The number of hydrogen-bond acceptors (Lipinski definition) is 3. The predicted molar refractivity (Wildman–Crippen MR) is 102 cm³/mol. The fourth-order valence-corrected chi connectivity index (χ4v) is 4.26. The molecule has 0 fully saturated rings. The lowest BCUT2D eigenvalue weighted by Crippen LogP contribution is -2.12. The molecule has 25 heavy (non-hydrogen) atoms. The SMILES string of the molecule is NS(=O)(=O)c1ccc(F)c(-c2ncccc2-c2cc(Br)cc(Br)c2)c1. The topological polar surface area (TPSA) is 73.1 Å². The van der Waals surface area contributed by atoms with Gasteiger partial charge in [0, 0.05) is 26.3 Å². The minimum absolute atomic E-state index is 0.0678. The van der Waals surface area contributed by atoms with Gasteiger partial charge in [-0.3, -0.25) is 4.98 Å². The zero-order valence-corrected chi connectivity index (χ0v) is 16.6. The van der Waals surface area contributed by atoms with Gasteiger partial charge < -0.3 is 0 Å². The van der Waals surface area contributed by atoms with E-state index < -0.39 is 15.8 Å². The van der Waals surface area contributed by atoms with E-state index >= 15 is 0 Å². The van der Waals surface area contributed by atoms with Crippen molar-refractivity contribution in [3.05, 3.63) is 69.5 Å². The van der Waals surface area contributed by atoms with Gasteiger partial charge >= 0.3 is 0 Å². The zero-order valence-electron chi connectivity index (χ0n) is 12.6. The molecule has 1 aromatic heterocycles. The van der Waals surface area contributed by atoms with Crippen molar-refractivity contribution < 1.29 is 12.8 Å². The molecule has 128 valence electrons. The first kappa shape index (κ1) is 18.2. The summed E-state index contributed by atoms with van der Waals surface area (Å²) in [6, 6.07) is 12.5. The minimum atomic E-state index is -3.95. The van der Waals surface area contributed by atoms with Crippen molar-refractivity contribution in [3.8, 4) is 22.4 Å². The highest BCUT2D eigenvalue weighted by Crippen LogP contribution is 2.35. The molecule has 3 rings (SSSR count). The molecule has 0 saturated carbocycles. The molecule has 0 radical (unpaired) electrons. The Kier molecular flexibility index (Phi) is 5.06. The predicted octanol–water partition coefficient (Wildman–Crippen LogP) is 4.73. The van der Waals surface area contributed by atoms with Gasteiger partial charge in [0.25, 0.3) is 0 Å². The third kappa shape index (κ3) is 3.98. The average molecular weight is 486 g/mol. The molecular weight excluding hydrogens is 475 g/mol. The summed E-state index contributed by atoms with van der Waals surface area (Å²) < 4.78 is 39.3. The van der Waals surface area contributed by atoms with E-state index in [1.165, 1.54) is 12.3 Å². The van der Waals surface area contributed by atoms with Crippen molar-refractivity contribution in [2.45, 2.75) is 4.90 Å². The van der Waals surface area contributed by atoms with Crippen LogP contribution in [0.15, 0.2) is 68.6 Å². The van der Waals surface area contributed by atoms with Crippen LogP contribution in [-0.4, -0.2) is 13.4 Å². The average Bonchev–Trinajstić information content (AvgIpc) is 2.53. The molecule has 2 N–H and O–H groups in total. The monoisotopic (exact) mass is 484 g/mol. The lowest BCUT2D eigenvalue weighted by Gasteiger charge is -2.11. The summed E-state index contributed by atoms with van der Waals surface area (Å²) in [5.41, 5.74) is 1.86. The third-order valence-electron chi connectivity index (χ3n) is 3.50. The summed E-state index contributed by atoms with van der Waals surface area (Å²) in [5, 5.41) is 5.16. The fraction of sp³-hybridized carbons (Fsp3) is 0. The second-order valence-corrected chi connectivity index (χ2v) is 8.64. The van der Waals surface area contributed by atoms with Crippen molar-refractivity contribution in [2.24, 2.45) is 5.14 Å². The van der Waals surface area contributed by atoms with Crippen LogP contribution in [0.3, 0.4) is 0 Å². The van der Waals surface area contributed by atoms with Crippen LogP contribution in [0.2, 0.25) is 0 Å². The number of aromatic nitrogens is 1. The number of pyridine rings is 1. The first-order valence-corrected chi connectivity index (χ1v) is 10.1. The van der Waals surface area contributed by atoms with Crippen LogP contribution >= 0.6 is 31.9 Å². The Morgan fingerprint density at radius 2 is 1.64 bits per heavy atom. The molecule has 0 saturated heterocycles. The van der Waals surface area contributed by atoms with Gasteiger partial charge in [-0.2, -0.15) is 0 Å². The van der Waals surface area contributed by atoms with Crippen LogP contribution in [-0.2, 0) is 10.0 Å². The summed E-state index contributed by atoms with van der Waals surface area (Å²) in [5.74, 6) is -0.582. The summed E-state index contributed by atoms with van der Waals surface area (Å²) in [6.45, 7) is 0. The van der Waals surface area contributed by atoms with Crippen LogP contribution in [0.25, 0.3) is 22.4 Å². The smallest absolute Gasteiger partial charge is 0.238 e. The Morgan fingerprint density at radius 3 is 2.28 bits per heavy atom. The van der Waals surface area contributed by atoms with Crippen LogP contribution < -0.4 is 5.14 Å². The normalized spacial score (nSPS) is 11.5. The third-order valence-corrected chi connectivity index (χ3v) is 5.33. The maximum Gasteiger partial charge on any atom is 0.238 e.